The SMILES string of the molecule is O=S(=O)(c1ccc(F)c(F)c1)N1CCSC(c2ccccc2F)CC1. The van der Waals surface area contributed by atoms with E-state index in [1.54, 1.807) is 18.2 Å². The van der Waals surface area contributed by atoms with Crippen molar-refractivity contribution >= 4 is 21.8 Å². The Balaban J connectivity index is 1.80. The molecule has 0 saturated carbocycles. The van der Waals surface area contributed by atoms with Gasteiger partial charge >= 0.3 is 0 Å². The Morgan fingerprint density at radius 1 is 0.960 bits per heavy atom. The lowest BCUT2D eigenvalue weighted by molar-refractivity contribution is 0.425. The highest BCUT2D eigenvalue weighted by atomic mass is 32.2. The first-order chi connectivity index (χ1) is 11.9. The minimum Gasteiger partial charge on any atom is -0.207 e. The molecule has 1 aliphatic heterocycles. The average molecular weight is 387 g/mol. The van der Waals surface area contributed by atoms with Gasteiger partial charge in [0.15, 0.2) is 11.6 Å². The van der Waals surface area contributed by atoms with E-state index in [-0.39, 0.29) is 29.1 Å². The number of sulfonamides is 1. The number of benzene rings is 2. The van der Waals surface area contributed by atoms with Crippen molar-refractivity contribution in [1.82, 2.24) is 4.31 Å². The molecule has 0 bridgehead atoms. The molecule has 1 heterocycles. The summed E-state index contributed by atoms with van der Waals surface area (Å²) in [6, 6.07) is 9.00. The van der Waals surface area contributed by atoms with E-state index in [9.17, 15) is 21.6 Å². The fourth-order valence-corrected chi connectivity index (χ4v) is 5.60. The molecule has 0 spiro atoms. The van der Waals surface area contributed by atoms with Crippen molar-refractivity contribution in [2.45, 2.75) is 16.6 Å². The second-order valence-electron chi connectivity index (χ2n) is 5.65. The molecule has 1 unspecified atom stereocenters. The quantitative estimate of drug-likeness (QED) is 0.800. The molecule has 8 heteroatoms. The van der Waals surface area contributed by atoms with Crippen LogP contribution >= 0.6 is 11.8 Å². The van der Waals surface area contributed by atoms with Gasteiger partial charge < -0.3 is 0 Å². The minimum absolute atomic E-state index is 0.147. The molecule has 134 valence electrons. The first-order valence-electron chi connectivity index (χ1n) is 7.71. The summed E-state index contributed by atoms with van der Waals surface area (Å²) >= 11 is 1.49. The van der Waals surface area contributed by atoms with Crippen molar-refractivity contribution in [3.63, 3.8) is 0 Å². The van der Waals surface area contributed by atoms with E-state index < -0.39 is 21.7 Å². The third-order valence-corrected chi connectivity index (χ3v) is 7.29. The van der Waals surface area contributed by atoms with Crippen LogP contribution in [0.1, 0.15) is 17.2 Å². The molecule has 25 heavy (non-hydrogen) atoms. The molecular weight excluding hydrogens is 371 g/mol. The number of halogens is 3. The molecule has 0 radical (unpaired) electrons. The van der Waals surface area contributed by atoms with Gasteiger partial charge in [0.2, 0.25) is 10.0 Å². The van der Waals surface area contributed by atoms with Crippen LogP contribution in [-0.4, -0.2) is 31.6 Å². The highest BCUT2D eigenvalue weighted by Gasteiger charge is 2.29. The van der Waals surface area contributed by atoms with E-state index in [0.29, 0.717) is 23.8 Å². The third kappa shape index (κ3) is 3.86. The van der Waals surface area contributed by atoms with Crippen LogP contribution in [0, 0.1) is 17.5 Å². The monoisotopic (exact) mass is 387 g/mol. The van der Waals surface area contributed by atoms with Crippen LogP contribution in [0.25, 0.3) is 0 Å². The van der Waals surface area contributed by atoms with Gasteiger partial charge in [-0.2, -0.15) is 16.1 Å². The van der Waals surface area contributed by atoms with Crippen LogP contribution in [0.3, 0.4) is 0 Å². The predicted octanol–water partition coefficient (Wildman–Crippen LogP) is 3.97. The zero-order chi connectivity index (χ0) is 18.0. The summed E-state index contributed by atoms with van der Waals surface area (Å²) in [6.45, 7) is 0.421. The molecule has 1 atom stereocenters. The summed E-state index contributed by atoms with van der Waals surface area (Å²) in [5, 5.41) is -0.147. The van der Waals surface area contributed by atoms with Gasteiger partial charge in [-0.15, -0.1) is 0 Å². The van der Waals surface area contributed by atoms with E-state index in [0.717, 1.165) is 12.1 Å². The van der Waals surface area contributed by atoms with E-state index in [1.165, 1.54) is 22.1 Å². The summed E-state index contributed by atoms with van der Waals surface area (Å²) in [5.41, 5.74) is 0.555. The first kappa shape index (κ1) is 18.3. The Bertz CT molecular complexity index is 874. The fraction of sp³-hybridized carbons (Fsp3) is 0.294. The van der Waals surface area contributed by atoms with Crippen molar-refractivity contribution in [1.29, 1.82) is 0 Å². The van der Waals surface area contributed by atoms with Gasteiger partial charge in [0.05, 0.1) is 4.90 Å². The standard InChI is InChI=1S/C17H16F3NO2S2/c18-14-4-2-1-3-13(14)17-7-8-21(9-10-24-17)25(22,23)12-5-6-15(19)16(20)11-12/h1-6,11,17H,7-10H2. The number of rotatable bonds is 3. The minimum atomic E-state index is -3.92. The van der Waals surface area contributed by atoms with Crippen molar-refractivity contribution in [2.75, 3.05) is 18.8 Å². The summed E-state index contributed by atoms with van der Waals surface area (Å²) in [4.78, 5) is -0.277. The molecular formula is C17H16F3NO2S2. The molecule has 2 aromatic rings. The van der Waals surface area contributed by atoms with Gasteiger partial charge in [-0.3, -0.25) is 0 Å². The van der Waals surface area contributed by atoms with Crippen LogP contribution in [0.4, 0.5) is 13.2 Å². The Labute approximate surface area is 148 Å². The molecule has 1 aliphatic rings. The molecule has 2 aromatic carbocycles. The van der Waals surface area contributed by atoms with Crippen LogP contribution in [0.2, 0.25) is 0 Å². The van der Waals surface area contributed by atoms with Gasteiger partial charge in [0, 0.05) is 29.7 Å². The Morgan fingerprint density at radius 2 is 1.72 bits per heavy atom. The normalized spacial score (nSPS) is 19.6. The van der Waals surface area contributed by atoms with E-state index in [4.69, 9.17) is 0 Å². The maximum Gasteiger partial charge on any atom is 0.243 e. The fourth-order valence-electron chi connectivity index (χ4n) is 2.76. The third-order valence-electron chi connectivity index (χ3n) is 4.08. The molecule has 0 aliphatic carbocycles. The molecule has 3 nitrogen and oxygen atoms in total. The number of thioether (sulfide) groups is 1. The van der Waals surface area contributed by atoms with Gasteiger partial charge in [-0.25, -0.2) is 21.6 Å². The van der Waals surface area contributed by atoms with Crippen molar-refractivity contribution in [3.8, 4) is 0 Å². The maximum absolute atomic E-state index is 14.0. The number of hydrogen-bond acceptors (Lipinski definition) is 3. The van der Waals surface area contributed by atoms with Crippen LogP contribution in [0.15, 0.2) is 47.4 Å². The van der Waals surface area contributed by atoms with Crippen LogP contribution in [0.5, 0.6) is 0 Å². The van der Waals surface area contributed by atoms with Gasteiger partial charge in [-0.1, -0.05) is 18.2 Å². The molecule has 0 amide bonds. The Hall–Kier alpha value is -1.51. The van der Waals surface area contributed by atoms with Crippen molar-refractivity contribution in [2.24, 2.45) is 0 Å². The topological polar surface area (TPSA) is 37.4 Å². The zero-order valence-electron chi connectivity index (χ0n) is 13.2. The molecule has 1 fully saturated rings. The average Bonchev–Trinajstić information content (AvgIpc) is 2.84. The Kier molecular flexibility index (Phi) is 5.41. The van der Waals surface area contributed by atoms with E-state index in [2.05, 4.69) is 0 Å². The molecule has 0 aromatic heterocycles. The summed E-state index contributed by atoms with van der Waals surface area (Å²) in [6.07, 6.45) is 0.439. The number of nitrogens with zero attached hydrogens (tertiary/aromatic N) is 1. The second kappa shape index (κ2) is 7.39. The second-order valence-corrected chi connectivity index (χ2v) is 8.90. The summed E-state index contributed by atoms with van der Waals surface area (Å²) in [7, 11) is -3.92. The number of hydrogen-bond donors (Lipinski definition) is 0. The van der Waals surface area contributed by atoms with Gasteiger partial charge in [-0.05, 0) is 30.7 Å². The maximum atomic E-state index is 14.0. The molecule has 3 rings (SSSR count). The lowest BCUT2D eigenvalue weighted by Crippen LogP contribution is -2.33. The molecule has 1 saturated heterocycles. The van der Waals surface area contributed by atoms with Crippen LogP contribution in [-0.2, 0) is 10.0 Å². The van der Waals surface area contributed by atoms with Crippen molar-refractivity contribution in [3.05, 3.63) is 65.5 Å². The van der Waals surface area contributed by atoms with Gasteiger partial charge in [0.1, 0.15) is 5.82 Å². The van der Waals surface area contributed by atoms with E-state index >= 15 is 0 Å². The summed E-state index contributed by atoms with van der Waals surface area (Å²) < 4.78 is 67.0. The summed E-state index contributed by atoms with van der Waals surface area (Å²) in [5.74, 6) is -2.11. The smallest absolute Gasteiger partial charge is 0.207 e. The van der Waals surface area contributed by atoms with Gasteiger partial charge in [0.25, 0.3) is 0 Å². The highest BCUT2D eigenvalue weighted by molar-refractivity contribution is 7.99. The van der Waals surface area contributed by atoms with E-state index in [1.807, 2.05) is 0 Å². The lowest BCUT2D eigenvalue weighted by atomic mass is 10.1. The lowest BCUT2D eigenvalue weighted by Gasteiger charge is -2.20. The van der Waals surface area contributed by atoms with Crippen LogP contribution < -0.4 is 0 Å². The highest BCUT2D eigenvalue weighted by Crippen LogP contribution is 2.36. The zero-order valence-corrected chi connectivity index (χ0v) is 14.8. The van der Waals surface area contributed by atoms with Crippen molar-refractivity contribution < 1.29 is 21.6 Å². The largest absolute Gasteiger partial charge is 0.243 e. The Morgan fingerprint density at radius 3 is 2.44 bits per heavy atom. The first-order valence-corrected chi connectivity index (χ1v) is 10.2. The molecule has 0 N–H and O–H groups in total. The predicted molar refractivity (Wildman–Crippen MR) is 91.3 cm³/mol.